The van der Waals surface area contributed by atoms with Crippen LogP contribution in [-0.2, 0) is 0 Å². The summed E-state index contributed by atoms with van der Waals surface area (Å²) in [7, 11) is -1.63. The summed E-state index contributed by atoms with van der Waals surface area (Å²) >= 11 is 1.80. The molecule has 0 aromatic heterocycles. The molecule has 0 aromatic carbocycles. The van der Waals surface area contributed by atoms with E-state index in [0.717, 1.165) is 12.8 Å². The van der Waals surface area contributed by atoms with Crippen LogP contribution < -0.4 is 0 Å². The van der Waals surface area contributed by atoms with Gasteiger partial charge in [-0.1, -0.05) is 26.8 Å². The van der Waals surface area contributed by atoms with Gasteiger partial charge in [0.15, 0.2) is 0 Å². The predicted octanol–water partition coefficient (Wildman–Crippen LogP) is 3.67. The fraction of sp³-hybridized carbons (Fsp3) is 0.833. The first-order valence-corrected chi connectivity index (χ1v) is 8.86. The van der Waals surface area contributed by atoms with Gasteiger partial charge in [-0.05, 0) is 25.0 Å². The zero-order valence-corrected chi connectivity index (χ0v) is 12.3. The fourth-order valence-electron chi connectivity index (χ4n) is 1.85. The molecule has 1 aliphatic rings. The molecular weight excluding hydrogens is 240 g/mol. The van der Waals surface area contributed by atoms with Gasteiger partial charge in [0.05, 0.1) is 0 Å². The molecule has 0 fully saturated rings. The van der Waals surface area contributed by atoms with E-state index in [2.05, 4.69) is 26.8 Å². The number of aliphatic hydroxyl groups is 1. The minimum absolute atomic E-state index is 0.236. The Balaban J connectivity index is 2.78. The van der Waals surface area contributed by atoms with E-state index in [1.165, 1.54) is 4.24 Å². The molecule has 4 atom stereocenters. The SMILES string of the molecule is CC[C@H](C)S(C)(O)C1=CC(CCO)C(C)S1. The van der Waals surface area contributed by atoms with E-state index in [9.17, 15) is 4.55 Å². The topological polar surface area (TPSA) is 40.5 Å². The van der Waals surface area contributed by atoms with Crippen LogP contribution in [0.4, 0.5) is 0 Å². The number of allylic oxidation sites excluding steroid dienone is 1. The molecule has 3 unspecified atom stereocenters. The maximum atomic E-state index is 10.6. The highest BCUT2D eigenvalue weighted by Gasteiger charge is 2.34. The van der Waals surface area contributed by atoms with E-state index in [4.69, 9.17) is 5.11 Å². The number of aliphatic hydroxyl groups excluding tert-OH is 1. The van der Waals surface area contributed by atoms with E-state index >= 15 is 0 Å². The highest BCUT2D eigenvalue weighted by Crippen LogP contribution is 2.62. The largest absolute Gasteiger partial charge is 0.396 e. The lowest BCUT2D eigenvalue weighted by Crippen LogP contribution is -2.12. The molecule has 0 amide bonds. The summed E-state index contributed by atoms with van der Waals surface area (Å²) in [4.78, 5) is 0. The highest BCUT2D eigenvalue weighted by atomic mass is 32.3. The normalized spacial score (nSPS) is 33.0. The van der Waals surface area contributed by atoms with Gasteiger partial charge in [-0.15, -0.1) is 22.1 Å². The highest BCUT2D eigenvalue weighted by molar-refractivity contribution is 8.41. The van der Waals surface area contributed by atoms with Crippen molar-refractivity contribution in [3.05, 3.63) is 10.3 Å². The van der Waals surface area contributed by atoms with Gasteiger partial charge in [0.2, 0.25) is 0 Å². The summed E-state index contributed by atoms with van der Waals surface area (Å²) < 4.78 is 11.8. The Morgan fingerprint density at radius 1 is 1.56 bits per heavy atom. The van der Waals surface area contributed by atoms with E-state index in [1.807, 2.05) is 6.26 Å². The van der Waals surface area contributed by atoms with Crippen LogP contribution in [0.3, 0.4) is 0 Å². The second-order valence-corrected chi connectivity index (χ2v) is 9.44. The summed E-state index contributed by atoms with van der Waals surface area (Å²) in [5.74, 6) is 0.424. The van der Waals surface area contributed by atoms with Crippen molar-refractivity contribution in [2.75, 3.05) is 12.9 Å². The molecule has 4 heteroatoms. The third-order valence-electron chi connectivity index (χ3n) is 3.48. The lowest BCUT2D eigenvalue weighted by molar-refractivity contribution is 0.270. The standard InChI is InChI=1S/C12H24O2S2/c1-5-9(2)16(4,14)12-8-11(6-7-13)10(3)15-12/h8-11,13-14H,5-7H2,1-4H3/t9-,10?,11?/m0/s1. The predicted molar refractivity (Wildman–Crippen MR) is 76.2 cm³/mol. The van der Waals surface area contributed by atoms with Crippen molar-refractivity contribution in [2.45, 2.75) is 44.1 Å². The maximum Gasteiger partial charge on any atom is 0.0437 e. The fourth-order valence-corrected chi connectivity index (χ4v) is 6.08. The molecule has 0 radical (unpaired) electrons. The maximum absolute atomic E-state index is 10.6. The minimum atomic E-state index is -1.63. The van der Waals surface area contributed by atoms with Crippen LogP contribution in [0.2, 0.25) is 0 Å². The zero-order chi connectivity index (χ0) is 12.3. The van der Waals surface area contributed by atoms with Gasteiger partial charge < -0.3 is 9.66 Å². The van der Waals surface area contributed by atoms with Gasteiger partial charge in [0, 0.05) is 21.3 Å². The second kappa shape index (κ2) is 5.80. The Hall–Kier alpha value is 0.360. The van der Waals surface area contributed by atoms with E-state index in [0.29, 0.717) is 16.4 Å². The molecule has 1 rings (SSSR count). The van der Waals surface area contributed by atoms with Crippen molar-refractivity contribution in [2.24, 2.45) is 5.92 Å². The number of thioether (sulfide) groups is 1. The quantitative estimate of drug-likeness (QED) is 0.796. The second-order valence-electron chi connectivity index (χ2n) is 4.64. The van der Waals surface area contributed by atoms with Crippen molar-refractivity contribution in [3.8, 4) is 0 Å². The van der Waals surface area contributed by atoms with Gasteiger partial charge >= 0.3 is 0 Å². The molecule has 2 N–H and O–H groups in total. The summed E-state index contributed by atoms with van der Waals surface area (Å²) in [6, 6.07) is 0. The number of hydrogen-bond donors (Lipinski definition) is 2. The van der Waals surface area contributed by atoms with Crippen LogP contribution in [0.15, 0.2) is 10.3 Å². The monoisotopic (exact) mass is 264 g/mol. The van der Waals surface area contributed by atoms with Crippen molar-refractivity contribution >= 4 is 22.1 Å². The van der Waals surface area contributed by atoms with Crippen LogP contribution in [0.1, 0.15) is 33.6 Å². The number of rotatable bonds is 5. The van der Waals surface area contributed by atoms with Gasteiger partial charge in [-0.2, -0.15) is 0 Å². The summed E-state index contributed by atoms with van der Waals surface area (Å²) in [6.45, 7) is 6.67. The molecule has 0 saturated heterocycles. The molecule has 1 aliphatic heterocycles. The summed E-state index contributed by atoms with van der Waals surface area (Å²) in [5.41, 5.74) is 0. The van der Waals surface area contributed by atoms with Crippen molar-refractivity contribution in [1.29, 1.82) is 0 Å². The molecule has 2 nitrogen and oxygen atoms in total. The van der Waals surface area contributed by atoms with Gasteiger partial charge in [-0.25, -0.2) is 0 Å². The Bertz CT molecular complexity index is 264. The van der Waals surface area contributed by atoms with Gasteiger partial charge in [0.1, 0.15) is 0 Å². The molecule has 1 heterocycles. The van der Waals surface area contributed by atoms with Crippen LogP contribution in [0.25, 0.3) is 0 Å². The Kier molecular flexibility index (Phi) is 5.23. The van der Waals surface area contributed by atoms with Crippen LogP contribution in [0.5, 0.6) is 0 Å². The van der Waals surface area contributed by atoms with Crippen molar-refractivity contribution in [3.63, 3.8) is 0 Å². The molecule has 96 valence electrons. The van der Waals surface area contributed by atoms with Crippen molar-refractivity contribution < 1.29 is 9.66 Å². The lowest BCUT2D eigenvalue weighted by atomic mass is 10.0. The molecule has 0 saturated carbocycles. The number of hydrogen-bond acceptors (Lipinski definition) is 3. The lowest BCUT2D eigenvalue weighted by Gasteiger charge is -2.36. The molecule has 0 spiro atoms. The molecule has 16 heavy (non-hydrogen) atoms. The average molecular weight is 264 g/mol. The minimum Gasteiger partial charge on any atom is -0.396 e. The van der Waals surface area contributed by atoms with E-state index < -0.39 is 10.3 Å². The third-order valence-corrected chi connectivity index (χ3v) is 8.73. The molecule has 0 aromatic rings. The first-order chi connectivity index (χ1) is 7.43. The summed E-state index contributed by atoms with van der Waals surface area (Å²) in [6.07, 6.45) is 6.02. The van der Waals surface area contributed by atoms with E-state index in [1.54, 1.807) is 11.8 Å². The van der Waals surface area contributed by atoms with Crippen LogP contribution in [-0.4, -0.2) is 33.0 Å². The first kappa shape index (κ1) is 14.4. The first-order valence-electron chi connectivity index (χ1n) is 5.92. The molecule has 0 bridgehead atoms. The van der Waals surface area contributed by atoms with Crippen LogP contribution in [0, 0.1) is 5.92 Å². The third kappa shape index (κ3) is 2.97. The Labute approximate surface area is 105 Å². The average Bonchev–Trinajstić information content (AvgIpc) is 2.60. The summed E-state index contributed by atoms with van der Waals surface area (Å²) in [5, 5.41) is 9.84. The van der Waals surface area contributed by atoms with Gasteiger partial charge in [0.25, 0.3) is 0 Å². The Morgan fingerprint density at radius 3 is 2.69 bits per heavy atom. The van der Waals surface area contributed by atoms with Crippen LogP contribution >= 0.6 is 22.1 Å². The smallest absolute Gasteiger partial charge is 0.0437 e. The van der Waals surface area contributed by atoms with E-state index in [-0.39, 0.29) is 6.61 Å². The zero-order valence-electron chi connectivity index (χ0n) is 10.6. The van der Waals surface area contributed by atoms with Gasteiger partial charge in [-0.3, -0.25) is 0 Å². The Morgan fingerprint density at radius 2 is 2.19 bits per heavy atom. The molecular formula is C12H24O2S2. The molecule has 0 aliphatic carbocycles. The van der Waals surface area contributed by atoms with Crippen molar-refractivity contribution in [1.82, 2.24) is 0 Å².